The van der Waals surface area contributed by atoms with E-state index >= 15 is 0 Å². The number of nitrogens with two attached hydrogens (primary N) is 1. The summed E-state index contributed by atoms with van der Waals surface area (Å²) in [6.07, 6.45) is 0. The van der Waals surface area contributed by atoms with Crippen molar-refractivity contribution in [3.8, 4) is 0 Å². The molecular formula is C18H21ClN2O. The molecule has 3 unspecified atom stereocenters. The maximum atomic E-state index is 12.4. The predicted molar refractivity (Wildman–Crippen MR) is 90.7 cm³/mol. The van der Waals surface area contributed by atoms with Gasteiger partial charge in [0.05, 0.1) is 6.04 Å². The van der Waals surface area contributed by atoms with Crippen LogP contribution in [0, 0.1) is 5.92 Å². The normalized spacial score (nSPS) is 14.9. The summed E-state index contributed by atoms with van der Waals surface area (Å²) in [4.78, 5) is 12.4. The lowest BCUT2D eigenvalue weighted by Crippen LogP contribution is -2.40. The van der Waals surface area contributed by atoms with Gasteiger partial charge in [0.1, 0.15) is 0 Å². The minimum atomic E-state index is -0.259. The van der Waals surface area contributed by atoms with E-state index < -0.39 is 0 Å². The van der Waals surface area contributed by atoms with Gasteiger partial charge in [0.2, 0.25) is 5.91 Å². The van der Waals surface area contributed by atoms with E-state index in [4.69, 9.17) is 17.3 Å². The Morgan fingerprint density at radius 2 is 1.68 bits per heavy atom. The van der Waals surface area contributed by atoms with Crippen LogP contribution in [0.3, 0.4) is 0 Å². The molecule has 0 heterocycles. The van der Waals surface area contributed by atoms with E-state index in [9.17, 15) is 4.79 Å². The first-order valence-corrected chi connectivity index (χ1v) is 7.73. The first-order chi connectivity index (χ1) is 10.5. The van der Waals surface area contributed by atoms with E-state index in [1.54, 1.807) is 0 Å². The Labute approximate surface area is 136 Å². The van der Waals surface area contributed by atoms with Gasteiger partial charge in [-0.15, -0.1) is 0 Å². The van der Waals surface area contributed by atoms with E-state index in [1.807, 2.05) is 68.4 Å². The molecule has 0 spiro atoms. The van der Waals surface area contributed by atoms with Crippen molar-refractivity contribution in [1.82, 2.24) is 5.32 Å². The third kappa shape index (κ3) is 4.09. The summed E-state index contributed by atoms with van der Waals surface area (Å²) in [5.41, 5.74) is 7.79. The monoisotopic (exact) mass is 316 g/mol. The summed E-state index contributed by atoms with van der Waals surface area (Å²) in [6, 6.07) is 16.9. The molecule has 2 aromatic carbocycles. The van der Waals surface area contributed by atoms with Crippen molar-refractivity contribution < 1.29 is 4.79 Å². The van der Waals surface area contributed by atoms with Gasteiger partial charge in [-0.3, -0.25) is 4.79 Å². The molecule has 0 bridgehead atoms. The third-order valence-electron chi connectivity index (χ3n) is 3.80. The number of halogens is 1. The molecule has 3 N–H and O–H groups in total. The Morgan fingerprint density at radius 1 is 1.05 bits per heavy atom. The Balaban J connectivity index is 2.33. The van der Waals surface area contributed by atoms with Crippen LogP contribution in [0.15, 0.2) is 54.6 Å². The quantitative estimate of drug-likeness (QED) is 0.886. The maximum absolute atomic E-state index is 12.4. The lowest BCUT2D eigenvalue weighted by atomic mass is 9.96. The summed E-state index contributed by atoms with van der Waals surface area (Å²) in [6.45, 7) is 3.67. The molecule has 1 amide bonds. The van der Waals surface area contributed by atoms with E-state index in [2.05, 4.69) is 5.32 Å². The molecule has 2 rings (SSSR count). The fourth-order valence-electron chi connectivity index (χ4n) is 2.20. The van der Waals surface area contributed by atoms with Gasteiger partial charge in [-0.25, -0.2) is 0 Å². The molecule has 116 valence electrons. The van der Waals surface area contributed by atoms with Crippen molar-refractivity contribution in [2.45, 2.75) is 25.9 Å². The molecule has 0 saturated carbocycles. The zero-order chi connectivity index (χ0) is 16.1. The molecule has 0 fully saturated rings. The Kier molecular flexibility index (Phi) is 5.58. The predicted octanol–water partition coefficient (Wildman–Crippen LogP) is 3.53. The standard InChI is InChI=1S/C18H21ClN2O/c1-12(13(2)20)18(22)21-17(14-7-4-3-5-8-14)15-9-6-10-16(19)11-15/h3-13,17H,20H2,1-2H3,(H,21,22). The summed E-state index contributed by atoms with van der Waals surface area (Å²) < 4.78 is 0. The zero-order valence-electron chi connectivity index (χ0n) is 12.8. The van der Waals surface area contributed by atoms with Gasteiger partial charge in [0, 0.05) is 17.0 Å². The van der Waals surface area contributed by atoms with Crippen molar-refractivity contribution >= 4 is 17.5 Å². The molecule has 2 aromatic rings. The van der Waals surface area contributed by atoms with Crippen LogP contribution in [0.2, 0.25) is 5.02 Å². The second-order valence-corrected chi connectivity index (χ2v) is 5.99. The van der Waals surface area contributed by atoms with Crippen molar-refractivity contribution in [1.29, 1.82) is 0 Å². The number of amides is 1. The highest BCUT2D eigenvalue weighted by Gasteiger charge is 2.22. The van der Waals surface area contributed by atoms with Crippen LogP contribution < -0.4 is 11.1 Å². The van der Waals surface area contributed by atoms with Crippen molar-refractivity contribution in [3.05, 3.63) is 70.7 Å². The number of carbonyl (C=O) groups is 1. The number of nitrogens with one attached hydrogen (secondary N) is 1. The number of rotatable bonds is 5. The first kappa shape index (κ1) is 16.5. The minimum Gasteiger partial charge on any atom is -0.345 e. The number of hydrogen-bond donors (Lipinski definition) is 2. The summed E-state index contributed by atoms with van der Waals surface area (Å²) in [7, 11) is 0. The van der Waals surface area contributed by atoms with Gasteiger partial charge in [0.25, 0.3) is 0 Å². The second kappa shape index (κ2) is 7.43. The Bertz CT molecular complexity index is 628. The van der Waals surface area contributed by atoms with Gasteiger partial charge in [-0.1, -0.05) is 61.0 Å². The molecule has 4 heteroatoms. The van der Waals surface area contributed by atoms with Gasteiger partial charge in [-0.05, 0) is 30.2 Å². The largest absolute Gasteiger partial charge is 0.345 e. The minimum absolute atomic E-state index is 0.0659. The highest BCUT2D eigenvalue weighted by Crippen LogP contribution is 2.25. The summed E-state index contributed by atoms with van der Waals surface area (Å²) in [5, 5.41) is 3.73. The van der Waals surface area contributed by atoms with Crippen LogP contribution >= 0.6 is 11.6 Å². The average molecular weight is 317 g/mol. The first-order valence-electron chi connectivity index (χ1n) is 7.35. The maximum Gasteiger partial charge on any atom is 0.225 e. The smallest absolute Gasteiger partial charge is 0.225 e. The molecule has 0 saturated heterocycles. The highest BCUT2D eigenvalue weighted by atomic mass is 35.5. The number of carbonyl (C=O) groups excluding carboxylic acids is 1. The highest BCUT2D eigenvalue weighted by molar-refractivity contribution is 6.30. The molecular weight excluding hydrogens is 296 g/mol. The van der Waals surface area contributed by atoms with E-state index in [1.165, 1.54) is 0 Å². The van der Waals surface area contributed by atoms with Gasteiger partial charge in [-0.2, -0.15) is 0 Å². The SMILES string of the molecule is CC(N)C(C)C(=O)NC(c1ccccc1)c1cccc(Cl)c1. The fourth-order valence-corrected chi connectivity index (χ4v) is 2.40. The van der Waals surface area contributed by atoms with Crippen LogP contribution in [-0.4, -0.2) is 11.9 Å². The fraction of sp³-hybridized carbons (Fsp3) is 0.278. The van der Waals surface area contributed by atoms with Crippen LogP contribution in [0.5, 0.6) is 0 Å². The molecule has 0 aliphatic rings. The molecule has 0 aliphatic heterocycles. The number of hydrogen-bond acceptors (Lipinski definition) is 2. The van der Waals surface area contributed by atoms with Crippen LogP contribution in [-0.2, 0) is 4.79 Å². The van der Waals surface area contributed by atoms with Crippen LogP contribution in [0.1, 0.15) is 31.0 Å². The van der Waals surface area contributed by atoms with Gasteiger partial charge in [0.15, 0.2) is 0 Å². The van der Waals surface area contributed by atoms with E-state index in [0.717, 1.165) is 11.1 Å². The van der Waals surface area contributed by atoms with Crippen molar-refractivity contribution in [2.75, 3.05) is 0 Å². The Morgan fingerprint density at radius 3 is 2.27 bits per heavy atom. The van der Waals surface area contributed by atoms with Crippen molar-refractivity contribution in [2.24, 2.45) is 11.7 Å². The van der Waals surface area contributed by atoms with Gasteiger partial charge >= 0.3 is 0 Å². The second-order valence-electron chi connectivity index (χ2n) is 5.56. The summed E-state index contributed by atoms with van der Waals surface area (Å²) in [5.74, 6) is -0.325. The third-order valence-corrected chi connectivity index (χ3v) is 4.04. The zero-order valence-corrected chi connectivity index (χ0v) is 13.5. The van der Waals surface area contributed by atoms with Crippen LogP contribution in [0.4, 0.5) is 0 Å². The van der Waals surface area contributed by atoms with E-state index in [-0.39, 0.29) is 23.9 Å². The molecule has 0 aromatic heterocycles. The molecule has 3 atom stereocenters. The Hall–Kier alpha value is -1.84. The van der Waals surface area contributed by atoms with E-state index in [0.29, 0.717) is 5.02 Å². The topological polar surface area (TPSA) is 55.1 Å². The van der Waals surface area contributed by atoms with Crippen LogP contribution in [0.25, 0.3) is 0 Å². The number of benzene rings is 2. The van der Waals surface area contributed by atoms with Gasteiger partial charge < -0.3 is 11.1 Å². The molecule has 0 aliphatic carbocycles. The molecule has 0 radical (unpaired) electrons. The van der Waals surface area contributed by atoms with Crippen molar-refractivity contribution in [3.63, 3.8) is 0 Å². The lowest BCUT2D eigenvalue weighted by molar-refractivity contribution is -0.125. The summed E-state index contributed by atoms with van der Waals surface area (Å²) >= 11 is 6.09. The lowest BCUT2D eigenvalue weighted by Gasteiger charge is -2.23. The molecule has 22 heavy (non-hydrogen) atoms. The average Bonchev–Trinajstić information content (AvgIpc) is 2.52. The molecule has 3 nitrogen and oxygen atoms in total.